The van der Waals surface area contributed by atoms with Crippen LogP contribution in [0.3, 0.4) is 0 Å². The number of sulfonamides is 1. The molecule has 1 saturated heterocycles. The molecule has 0 atom stereocenters. The molecule has 1 aliphatic heterocycles. The molecule has 1 aliphatic rings. The first kappa shape index (κ1) is 16.9. The molecule has 1 heterocycles. The van der Waals surface area contributed by atoms with Gasteiger partial charge in [0.15, 0.2) is 0 Å². The van der Waals surface area contributed by atoms with Crippen molar-refractivity contribution in [2.24, 2.45) is 0 Å². The first-order valence-corrected chi connectivity index (χ1v) is 8.71. The molecule has 22 heavy (non-hydrogen) atoms. The average molecular weight is 329 g/mol. The van der Waals surface area contributed by atoms with E-state index in [1.165, 1.54) is 12.1 Å². The summed E-state index contributed by atoms with van der Waals surface area (Å²) in [7, 11) is -3.71. The molecule has 0 unspecified atom stereocenters. The van der Waals surface area contributed by atoms with E-state index >= 15 is 0 Å². The second-order valence-electron chi connectivity index (χ2n) is 5.19. The number of piperidine rings is 1. The van der Waals surface area contributed by atoms with E-state index in [4.69, 9.17) is 0 Å². The Kier molecular flexibility index (Phi) is 5.87. The van der Waals surface area contributed by atoms with Crippen LogP contribution in [-0.4, -0.2) is 40.0 Å². The Hall–Kier alpha value is -1.51. The van der Waals surface area contributed by atoms with E-state index in [2.05, 4.69) is 15.4 Å². The minimum absolute atomic E-state index is 0.0104. The van der Waals surface area contributed by atoms with Gasteiger partial charge in [-0.2, -0.15) is 0 Å². The highest BCUT2D eigenvalue weighted by molar-refractivity contribution is 7.89. The van der Waals surface area contributed by atoms with Crippen molar-refractivity contribution in [2.45, 2.75) is 30.2 Å². The number of carbonyl (C=O) groups excluding carboxylic acids is 1. The Balaban J connectivity index is 1.77. The summed E-state index contributed by atoms with van der Waals surface area (Å²) in [6.45, 7) is 1.76. The van der Waals surface area contributed by atoms with Gasteiger partial charge in [0.1, 0.15) is 5.82 Å². The van der Waals surface area contributed by atoms with Gasteiger partial charge in [-0.25, -0.2) is 17.5 Å². The van der Waals surface area contributed by atoms with Gasteiger partial charge in [-0.15, -0.1) is 0 Å². The maximum absolute atomic E-state index is 12.8. The SMILES string of the molecule is O=C(CCNS(=O)(=O)c1ccc(F)cc1)NC1CCNCC1. The largest absolute Gasteiger partial charge is 0.353 e. The zero-order chi connectivity index (χ0) is 16.0. The Bertz CT molecular complexity index is 598. The Labute approximate surface area is 129 Å². The molecule has 1 amide bonds. The van der Waals surface area contributed by atoms with Crippen molar-refractivity contribution in [3.8, 4) is 0 Å². The number of hydrogen-bond donors (Lipinski definition) is 3. The van der Waals surface area contributed by atoms with E-state index in [1.54, 1.807) is 0 Å². The summed E-state index contributed by atoms with van der Waals surface area (Å²) in [6, 6.07) is 4.69. The minimum Gasteiger partial charge on any atom is -0.353 e. The molecule has 1 aromatic rings. The van der Waals surface area contributed by atoms with Gasteiger partial charge in [-0.1, -0.05) is 0 Å². The fourth-order valence-corrected chi connectivity index (χ4v) is 3.29. The normalized spacial score (nSPS) is 16.4. The van der Waals surface area contributed by atoms with E-state index < -0.39 is 15.8 Å². The highest BCUT2D eigenvalue weighted by Crippen LogP contribution is 2.09. The van der Waals surface area contributed by atoms with Crippen molar-refractivity contribution < 1.29 is 17.6 Å². The molecule has 122 valence electrons. The van der Waals surface area contributed by atoms with Crippen LogP contribution in [0.2, 0.25) is 0 Å². The van der Waals surface area contributed by atoms with Gasteiger partial charge in [0.05, 0.1) is 4.90 Å². The molecule has 0 aromatic heterocycles. The zero-order valence-electron chi connectivity index (χ0n) is 12.1. The maximum atomic E-state index is 12.8. The number of halogens is 1. The third-order valence-corrected chi connectivity index (χ3v) is 4.95. The molecule has 2 rings (SSSR count). The van der Waals surface area contributed by atoms with Crippen LogP contribution in [-0.2, 0) is 14.8 Å². The van der Waals surface area contributed by atoms with Crippen LogP contribution >= 0.6 is 0 Å². The van der Waals surface area contributed by atoms with Gasteiger partial charge < -0.3 is 10.6 Å². The topological polar surface area (TPSA) is 87.3 Å². The molecule has 1 fully saturated rings. The summed E-state index contributed by atoms with van der Waals surface area (Å²) >= 11 is 0. The lowest BCUT2D eigenvalue weighted by atomic mass is 10.1. The minimum atomic E-state index is -3.71. The number of carbonyl (C=O) groups is 1. The highest BCUT2D eigenvalue weighted by Gasteiger charge is 2.17. The fourth-order valence-electron chi connectivity index (χ4n) is 2.26. The standard InChI is InChI=1S/C14H20FN3O3S/c15-11-1-3-13(4-2-11)22(20,21)17-10-7-14(19)18-12-5-8-16-9-6-12/h1-4,12,16-17H,5-10H2,(H,18,19). The summed E-state index contributed by atoms with van der Waals surface area (Å²) in [4.78, 5) is 11.7. The molecule has 1 aromatic carbocycles. The van der Waals surface area contributed by atoms with E-state index in [0.717, 1.165) is 38.1 Å². The molecule has 6 nitrogen and oxygen atoms in total. The predicted octanol–water partition coefficient (Wildman–Crippen LogP) is 0.362. The van der Waals surface area contributed by atoms with Crippen LogP contribution < -0.4 is 15.4 Å². The van der Waals surface area contributed by atoms with Crippen molar-refractivity contribution in [3.63, 3.8) is 0 Å². The quantitative estimate of drug-likeness (QED) is 0.703. The summed E-state index contributed by atoms with van der Waals surface area (Å²) in [5.41, 5.74) is 0. The van der Waals surface area contributed by atoms with Crippen LogP contribution in [0, 0.1) is 5.82 Å². The van der Waals surface area contributed by atoms with Gasteiger partial charge in [0.25, 0.3) is 0 Å². The van der Waals surface area contributed by atoms with Crippen molar-refractivity contribution in [2.75, 3.05) is 19.6 Å². The Morgan fingerprint density at radius 3 is 2.50 bits per heavy atom. The second-order valence-corrected chi connectivity index (χ2v) is 6.96. The fraction of sp³-hybridized carbons (Fsp3) is 0.500. The van der Waals surface area contributed by atoms with Gasteiger partial charge in [-0.05, 0) is 50.2 Å². The average Bonchev–Trinajstić information content (AvgIpc) is 2.48. The number of hydrogen-bond acceptors (Lipinski definition) is 4. The van der Waals surface area contributed by atoms with Gasteiger partial charge in [0, 0.05) is 19.0 Å². The third kappa shape index (κ3) is 5.04. The van der Waals surface area contributed by atoms with Crippen LogP contribution in [0.4, 0.5) is 4.39 Å². The van der Waals surface area contributed by atoms with Crippen molar-refractivity contribution in [1.82, 2.24) is 15.4 Å². The maximum Gasteiger partial charge on any atom is 0.240 e. The third-order valence-electron chi connectivity index (χ3n) is 3.47. The predicted molar refractivity (Wildman–Crippen MR) is 80.2 cm³/mol. The van der Waals surface area contributed by atoms with E-state index in [-0.39, 0.29) is 29.8 Å². The van der Waals surface area contributed by atoms with Crippen LogP contribution in [0.25, 0.3) is 0 Å². The van der Waals surface area contributed by atoms with Crippen LogP contribution in [0.5, 0.6) is 0 Å². The molecule has 8 heteroatoms. The number of benzene rings is 1. The number of amides is 1. The van der Waals surface area contributed by atoms with Crippen molar-refractivity contribution >= 4 is 15.9 Å². The van der Waals surface area contributed by atoms with E-state index in [9.17, 15) is 17.6 Å². The van der Waals surface area contributed by atoms with E-state index in [0.29, 0.717) is 0 Å². The van der Waals surface area contributed by atoms with Crippen LogP contribution in [0.1, 0.15) is 19.3 Å². The van der Waals surface area contributed by atoms with Gasteiger partial charge >= 0.3 is 0 Å². The molecule has 0 aliphatic carbocycles. The van der Waals surface area contributed by atoms with Gasteiger partial charge in [-0.3, -0.25) is 4.79 Å². The Morgan fingerprint density at radius 1 is 1.23 bits per heavy atom. The lowest BCUT2D eigenvalue weighted by Crippen LogP contribution is -2.43. The smallest absolute Gasteiger partial charge is 0.240 e. The molecule has 3 N–H and O–H groups in total. The molecular formula is C14H20FN3O3S. The molecular weight excluding hydrogens is 309 g/mol. The van der Waals surface area contributed by atoms with Gasteiger partial charge in [0.2, 0.25) is 15.9 Å². The summed E-state index contributed by atoms with van der Waals surface area (Å²) in [5.74, 6) is -0.672. The highest BCUT2D eigenvalue weighted by atomic mass is 32.2. The lowest BCUT2D eigenvalue weighted by molar-refractivity contribution is -0.121. The van der Waals surface area contributed by atoms with Crippen LogP contribution in [0.15, 0.2) is 29.2 Å². The molecule has 0 saturated carbocycles. The summed E-state index contributed by atoms with van der Waals surface area (Å²) in [5, 5.41) is 6.09. The molecule has 0 radical (unpaired) electrons. The lowest BCUT2D eigenvalue weighted by Gasteiger charge is -2.23. The monoisotopic (exact) mass is 329 g/mol. The first-order chi connectivity index (χ1) is 10.5. The second kappa shape index (κ2) is 7.66. The first-order valence-electron chi connectivity index (χ1n) is 7.23. The summed E-state index contributed by atoms with van der Waals surface area (Å²) in [6.07, 6.45) is 1.84. The zero-order valence-corrected chi connectivity index (χ0v) is 13.0. The van der Waals surface area contributed by atoms with Crippen molar-refractivity contribution in [3.05, 3.63) is 30.1 Å². The number of rotatable bonds is 6. The number of nitrogens with one attached hydrogen (secondary N) is 3. The van der Waals surface area contributed by atoms with E-state index in [1.807, 2.05) is 0 Å². The molecule has 0 bridgehead atoms. The van der Waals surface area contributed by atoms with Crippen molar-refractivity contribution in [1.29, 1.82) is 0 Å². The Morgan fingerprint density at radius 2 is 1.86 bits per heavy atom. The molecule has 0 spiro atoms. The summed E-state index contributed by atoms with van der Waals surface area (Å²) < 4.78 is 39.0.